The molecule has 2 aromatic carbocycles. The summed E-state index contributed by atoms with van der Waals surface area (Å²) in [5.74, 6) is 0.367. The average Bonchev–Trinajstić information content (AvgIpc) is 2.43. The Balaban J connectivity index is 1.91. The number of Topliss-reactive ketones (excluding diaryl/α,β-unsaturated/α-hetero) is 1. The maximum atomic E-state index is 11.9. The predicted molar refractivity (Wildman–Crippen MR) is 81.4 cm³/mol. The van der Waals surface area contributed by atoms with Crippen LogP contribution in [0.4, 0.5) is 0 Å². The fourth-order valence-electron chi connectivity index (χ4n) is 2.41. The van der Waals surface area contributed by atoms with Gasteiger partial charge in [0.1, 0.15) is 5.78 Å². The lowest BCUT2D eigenvalue weighted by Gasteiger charge is -2.04. The minimum absolute atomic E-state index is 0.367. The molecule has 0 heterocycles. The molecule has 0 unspecified atom stereocenters. The first kappa shape index (κ1) is 13.8. The van der Waals surface area contributed by atoms with Crippen molar-refractivity contribution in [3.63, 3.8) is 0 Å². The number of rotatable bonds is 7. The van der Waals surface area contributed by atoms with Gasteiger partial charge >= 0.3 is 0 Å². The van der Waals surface area contributed by atoms with Crippen LogP contribution in [0.15, 0.2) is 42.5 Å². The van der Waals surface area contributed by atoms with E-state index in [4.69, 9.17) is 0 Å². The maximum Gasteiger partial charge on any atom is 0.137 e. The van der Waals surface area contributed by atoms with Crippen molar-refractivity contribution < 1.29 is 4.79 Å². The van der Waals surface area contributed by atoms with Gasteiger partial charge in [0.2, 0.25) is 0 Å². The molecule has 0 aliphatic carbocycles. The lowest BCUT2D eigenvalue weighted by atomic mass is 10.0. The highest BCUT2D eigenvalue weighted by Crippen LogP contribution is 2.16. The van der Waals surface area contributed by atoms with Crippen LogP contribution in [0, 0.1) is 0 Å². The molecule has 0 radical (unpaired) electrons. The summed E-state index contributed by atoms with van der Waals surface area (Å²) in [6.07, 6.45) is 5.99. The van der Waals surface area contributed by atoms with Gasteiger partial charge in [-0.1, -0.05) is 68.7 Å². The second kappa shape index (κ2) is 7.08. The number of unbranched alkanes of at least 4 members (excludes halogenated alkanes) is 3. The van der Waals surface area contributed by atoms with Crippen LogP contribution >= 0.6 is 0 Å². The Morgan fingerprint density at radius 2 is 1.74 bits per heavy atom. The second-order valence-electron chi connectivity index (χ2n) is 5.21. The van der Waals surface area contributed by atoms with Crippen molar-refractivity contribution in [3.05, 3.63) is 48.0 Å². The van der Waals surface area contributed by atoms with Crippen LogP contribution in [0.5, 0.6) is 0 Å². The van der Waals surface area contributed by atoms with Crippen molar-refractivity contribution in [3.8, 4) is 0 Å². The summed E-state index contributed by atoms with van der Waals surface area (Å²) in [6.45, 7) is 2.19. The van der Waals surface area contributed by atoms with Crippen molar-refractivity contribution in [1.29, 1.82) is 0 Å². The number of benzene rings is 2. The topological polar surface area (TPSA) is 17.1 Å². The van der Waals surface area contributed by atoms with E-state index in [1.54, 1.807) is 0 Å². The van der Waals surface area contributed by atoms with Gasteiger partial charge in [-0.3, -0.25) is 4.79 Å². The zero-order chi connectivity index (χ0) is 13.5. The summed E-state index contributed by atoms with van der Waals surface area (Å²) < 4.78 is 0. The molecule has 2 rings (SSSR count). The summed E-state index contributed by atoms with van der Waals surface area (Å²) in [4.78, 5) is 11.9. The molecular formula is C18H22O. The summed E-state index contributed by atoms with van der Waals surface area (Å²) in [7, 11) is 0. The Labute approximate surface area is 115 Å². The van der Waals surface area contributed by atoms with Gasteiger partial charge in [0.15, 0.2) is 0 Å². The van der Waals surface area contributed by atoms with Crippen molar-refractivity contribution in [2.24, 2.45) is 0 Å². The molecular weight excluding hydrogens is 232 g/mol. The van der Waals surface area contributed by atoms with Crippen LogP contribution in [0.1, 0.15) is 44.6 Å². The third-order valence-electron chi connectivity index (χ3n) is 3.52. The predicted octanol–water partition coefficient (Wildman–Crippen LogP) is 4.92. The number of fused-ring (bicyclic) bond motifs is 1. The highest BCUT2D eigenvalue weighted by atomic mass is 16.1. The van der Waals surface area contributed by atoms with Crippen LogP contribution in [-0.2, 0) is 11.2 Å². The van der Waals surface area contributed by atoms with E-state index in [1.165, 1.54) is 30.0 Å². The highest BCUT2D eigenvalue weighted by Gasteiger charge is 2.04. The van der Waals surface area contributed by atoms with Gasteiger partial charge in [0, 0.05) is 12.8 Å². The van der Waals surface area contributed by atoms with Crippen LogP contribution in [0.25, 0.3) is 10.8 Å². The molecule has 100 valence electrons. The normalized spacial score (nSPS) is 10.8. The molecule has 0 N–H and O–H groups in total. The van der Waals surface area contributed by atoms with Crippen molar-refractivity contribution in [1.82, 2.24) is 0 Å². The molecule has 2 aromatic rings. The first-order valence-electron chi connectivity index (χ1n) is 7.29. The largest absolute Gasteiger partial charge is 0.299 e. The maximum absolute atomic E-state index is 11.9. The molecule has 0 saturated heterocycles. The Bertz CT molecular complexity index is 542. The minimum Gasteiger partial charge on any atom is -0.299 e. The van der Waals surface area contributed by atoms with Gasteiger partial charge in [-0.15, -0.1) is 0 Å². The van der Waals surface area contributed by atoms with Gasteiger partial charge in [-0.2, -0.15) is 0 Å². The van der Waals surface area contributed by atoms with E-state index in [2.05, 4.69) is 37.3 Å². The monoisotopic (exact) mass is 254 g/mol. The molecule has 0 spiro atoms. The van der Waals surface area contributed by atoms with Gasteiger partial charge in [-0.25, -0.2) is 0 Å². The van der Waals surface area contributed by atoms with Crippen LogP contribution in [0.3, 0.4) is 0 Å². The molecule has 0 atom stereocenters. The summed E-state index contributed by atoms with van der Waals surface area (Å²) in [6, 6.07) is 14.6. The van der Waals surface area contributed by atoms with Crippen molar-refractivity contribution in [2.45, 2.75) is 45.4 Å². The van der Waals surface area contributed by atoms with E-state index in [0.717, 1.165) is 18.4 Å². The first-order chi connectivity index (χ1) is 9.29. The number of hydrogen-bond acceptors (Lipinski definition) is 1. The molecule has 0 saturated carbocycles. The SMILES string of the molecule is CCCCCCC(=O)Cc1ccc2ccccc2c1. The van der Waals surface area contributed by atoms with E-state index >= 15 is 0 Å². The summed E-state index contributed by atoms with van der Waals surface area (Å²) >= 11 is 0. The fourth-order valence-corrected chi connectivity index (χ4v) is 2.41. The highest BCUT2D eigenvalue weighted by molar-refractivity contribution is 5.86. The van der Waals surface area contributed by atoms with E-state index in [-0.39, 0.29) is 0 Å². The third-order valence-corrected chi connectivity index (χ3v) is 3.52. The van der Waals surface area contributed by atoms with E-state index in [1.807, 2.05) is 12.1 Å². The first-order valence-corrected chi connectivity index (χ1v) is 7.29. The Hall–Kier alpha value is -1.63. The summed E-state index contributed by atoms with van der Waals surface area (Å²) in [5.41, 5.74) is 1.14. The van der Waals surface area contributed by atoms with E-state index in [0.29, 0.717) is 12.2 Å². The molecule has 0 aliphatic rings. The zero-order valence-electron chi connectivity index (χ0n) is 11.7. The van der Waals surface area contributed by atoms with Crippen LogP contribution in [-0.4, -0.2) is 5.78 Å². The lowest BCUT2D eigenvalue weighted by molar-refractivity contribution is -0.118. The van der Waals surface area contributed by atoms with Crippen LogP contribution < -0.4 is 0 Å². The average molecular weight is 254 g/mol. The fraction of sp³-hybridized carbons (Fsp3) is 0.389. The Kier molecular flexibility index (Phi) is 5.14. The number of carbonyl (C=O) groups excluding carboxylic acids is 1. The zero-order valence-corrected chi connectivity index (χ0v) is 11.7. The Morgan fingerprint density at radius 3 is 2.53 bits per heavy atom. The number of hydrogen-bond donors (Lipinski definition) is 0. The molecule has 0 fully saturated rings. The molecule has 0 amide bonds. The lowest BCUT2D eigenvalue weighted by Crippen LogP contribution is -2.02. The van der Waals surface area contributed by atoms with E-state index in [9.17, 15) is 4.79 Å². The third kappa shape index (κ3) is 4.20. The molecule has 1 nitrogen and oxygen atoms in total. The van der Waals surface area contributed by atoms with E-state index < -0.39 is 0 Å². The van der Waals surface area contributed by atoms with Crippen molar-refractivity contribution in [2.75, 3.05) is 0 Å². The van der Waals surface area contributed by atoms with Gasteiger partial charge in [-0.05, 0) is 22.8 Å². The van der Waals surface area contributed by atoms with Crippen LogP contribution in [0.2, 0.25) is 0 Å². The van der Waals surface area contributed by atoms with Gasteiger partial charge in [0.25, 0.3) is 0 Å². The van der Waals surface area contributed by atoms with Gasteiger partial charge in [0.05, 0.1) is 0 Å². The quantitative estimate of drug-likeness (QED) is 0.641. The molecule has 0 bridgehead atoms. The minimum atomic E-state index is 0.367. The summed E-state index contributed by atoms with van der Waals surface area (Å²) in [5, 5.41) is 2.46. The Morgan fingerprint density at radius 1 is 0.947 bits per heavy atom. The number of ketones is 1. The molecule has 1 heteroatoms. The van der Waals surface area contributed by atoms with Crippen molar-refractivity contribution >= 4 is 16.6 Å². The number of carbonyl (C=O) groups is 1. The molecule has 0 aliphatic heterocycles. The smallest absolute Gasteiger partial charge is 0.137 e. The second-order valence-corrected chi connectivity index (χ2v) is 5.21. The standard InChI is InChI=1S/C18H22O/c1-2-3-4-5-10-18(19)14-15-11-12-16-8-6-7-9-17(16)13-15/h6-9,11-13H,2-5,10,14H2,1H3. The molecule has 19 heavy (non-hydrogen) atoms. The molecule has 0 aromatic heterocycles. The van der Waals surface area contributed by atoms with Gasteiger partial charge < -0.3 is 0 Å².